The molecule has 4 N–H and O–H groups in total. The number of alkyl carbamates (subject to hydrolysis) is 1. The maximum absolute atomic E-state index is 11.7. The lowest BCUT2D eigenvalue weighted by atomic mass is 10.1. The molecule has 0 bridgehead atoms. The lowest BCUT2D eigenvalue weighted by Crippen LogP contribution is -2.38. The standard InChI is InChI=1S/C18H23N5O6/c1-23(2)17(20)21-16(19)22-18(26)29-11-13-6-4-5-12(9-13)10-28-15(25)8-7-14(24)27-3/h4-9H,10-11H2,1-3H3,(H4,19,20,21,22,26)/b8-7+. The van der Waals surface area contributed by atoms with Crippen molar-refractivity contribution in [2.75, 3.05) is 21.2 Å². The van der Waals surface area contributed by atoms with Gasteiger partial charge in [-0.1, -0.05) is 18.2 Å². The molecule has 0 radical (unpaired) electrons. The van der Waals surface area contributed by atoms with Crippen molar-refractivity contribution < 1.29 is 28.6 Å². The molecular formula is C18H23N5O6. The number of hydrogen-bond acceptors (Lipinski definition) is 7. The van der Waals surface area contributed by atoms with E-state index in [1.807, 2.05) is 0 Å². The maximum atomic E-state index is 11.7. The number of carbonyl (C=O) groups is 3. The van der Waals surface area contributed by atoms with E-state index in [2.05, 4.69) is 15.0 Å². The van der Waals surface area contributed by atoms with Gasteiger partial charge in [-0.05, 0) is 17.2 Å². The molecule has 0 fully saturated rings. The van der Waals surface area contributed by atoms with Crippen LogP contribution in [0.2, 0.25) is 0 Å². The molecule has 0 saturated carbocycles. The molecule has 1 rings (SSSR count). The van der Waals surface area contributed by atoms with Crippen LogP contribution in [-0.4, -0.2) is 56.1 Å². The van der Waals surface area contributed by atoms with Gasteiger partial charge < -0.3 is 24.8 Å². The zero-order chi connectivity index (χ0) is 21.8. The lowest BCUT2D eigenvalue weighted by Gasteiger charge is -2.10. The normalized spacial score (nSPS) is 10.9. The van der Waals surface area contributed by atoms with Crippen molar-refractivity contribution in [3.63, 3.8) is 0 Å². The van der Waals surface area contributed by atoms with Crippen LogP contribution in [0, 0.1) is 5.41 Å². The number of carbonyl (C=O) groups excluding carboxylic acids is 3. The topological polar surface area (TPSA) is 156 Å². The van der Waals surface area contributed by atoms with E-state index < -0.39 is 18.0 Å². The number of ether oxygens (including phenoxy) is 3. The van der Waals surface area contributed by atoms with Crippen molar-refractivity contribution in [1.29, 1.82) is 5.41 Å². The number of guanidine groups is 2. The van der Waals surface area contributed by atoms with Crippen molar-refractivity contribution >= 4 is 30.0 Å². The number of nitrogens with one attached hydrogen (secondary N) is 2. The largest absolute Gasteiger partial charge is 0.466 e. The molecule has 0 heterocycles. The highest BCUT2D eigenvalue weighted by atomic mass is 16.5. The summed E-state index contributed by atoms with van der Waals surface area (Å²) in [7, 11) is 4.41. The highest BCUT2D eigenvalue weighted by Crippen LogP contribution is 2.08. The summed E-state index contributed by atoms with van der Waals surface area (Å²) in [5.41, 5.74) is 6.82. The fourth-order valence-corrected chi connectivity index (χ4v) is 1.75. The average Bonchev–Trinajstić information content (AvgIpc) is 2.68. The van der Waals surface area contributed by atoms with Crippen LogP contribution in [0.25, 0.3) is 0 Å². The van der Waals surface area contributed by atoms with E-state index in [1.165, 1.54) is 12.0 Å². The molecular weight excluding hydrogens is 382 g/mol. The lowest BCUT2D eigenvalue weighted by molar-refractivity contribution is -0.140. The Morgan fingerprint density at radius 1 is 1.14 bits per heavy atom. The van der Waals surface area contributed by atoms with Crippen LogP contribution in [0.1, 0.15) is 11.1 Å². The SMILES string of the molecule is COC(=O)/C=C/C(=O)OCc1cccc(COC(=O)NC(N)=NC(=N)N(C)C)c1. The van der Waals surface area contributed by atoms with Gasteiger partial charge in [0, 0.05) is 26.2 Å². The van der Waals surface area contributed by atoms with Crippen molar-refractivity contribution in [3.05, 3.63) is 47.5 Å². The van der Waals surface area contributed by atoms with E-state index >= 15 is 0 Å². The molecule has 29 heavy (non-hydrogen) atoms. The van der Waals surface area contributed by atoms with Gasteiger partial charge in [0.1, 0.15) is 13.2 Å². The summed E-state index contributed by atoms with van der Waals surface area (Å²) in [5, 5.41) is 9.71. The van der Waals surface area contributed by atoms with E-state index in [1.54, 1.807) is 38.4 Å². The molecule has 0 aliphatic rings. The third kappa shape index (κ3) is 9.56. The Hall–Kier alpha value is -3.89. The van der Waals surface area contributed by atoms with Crippen molar-refractivity contribution in [2.45, 2.75) is 13.2 Å². The van der Waals surface area contributed by atoms with Crippen molar-refractivity contribution in [2.24, 2.45) is 10.7 Å². The van der Waals surface area contributed by atoms with Gasteiger partial charge >= 0.3 is 18.0 Å². The molecule has 0 aliphatic carbocycles. The minimum atomic E-state index is -0.831. The van der Waals surface area contributed by atoms with E-state index in [0.717, 1.165) is 12.2 Å². The Labute approximate surface area is 167 Å². The minimum Gasteiger partial charge on any atom is -0.466 e. The predicted molar refractivity (Wildman–Crippen MR) is 104 cm³/mol. The molecule has 11 heteroatoms. The van der Waals surface area contributed by atoms with Crippen LogP contribution in [0.4, 0.5) is 4.79 Å². The van der Waals surface area contributed by atoms with Crippen LogP contribution < -0.4 is 11.1 Å². The third-order valence-electron chi connectivity index (χ3n) is 3.18. The highest BCUT2D eigenvalue weighted by molar-refractivity contribution is 5.99. The van der Waals surface area contributed by atoms with Gasteiger partial charge in [0.25, 0.3) is 0 Å². The number of amides is 1. The van der Waals surface area contributed by atoms with Crippen molar-refractivity contribution in [3.8, 4) is 0 Å². The first-order valence-electron chi connectivity index (χ1n) is 8.25. The summed E-state index contributed by atoms with van der Waals surface area (Å²) in [4.78, 5) is 39.3. The number of rotatable bonds is 6. The summed E-state index contributed by atoms with van der Waals surface area (Å²) in [6, 6.07) is 6.83. The smallest absolute Gasteiger partial charge is 0.414 e. The van der Waals surface area contributed by atoms with E-state index in [0.29, 0.717) is 11.1 Å². The number of hydrogen-bond donors (Lipinski definition) is 3. The summed E-state index contributed by atoms with van der Waals surface area (Å²) in [5.74, 6) is -1.76. The zero-order valence-corrected chi connectivity index (χ0v) is 16.3. The zero-order valence-electron chi connectivity index (χ0n) is 16.3. The highest BCUT2D eigenvalue weighted by Gasteiger charge is 2.07. The summed E-state index contributed by atoms with van der Waals surface area (Å²) in [6.45, 7) is -0.0924. The Bertz CT molecular complexity index is 819. The van der Waals surface area contributed by atoms with Crippen LogP contribution >= 0.6 is 0 Å². The van der Waals surface area contributed by atoms with Crippen LogP contribution in [0.3, 0.4) is 0 Å². The second kappa shape index (κ2) is 11.7. The van der Waals surface area contributed by atoms with Gasteiger partial charge in [-0.3, -0.25) is 10.7 Å². The Morgan fingerprint density at radius 3 is 2.31 bits per heavy atom. The van der Waals surface area contributed by atoms with Gasteiger partial charge in [0.2, 0.25) is 11.9 Å². The average molecular weight is 405 g/mol. The van der Waals surface area contributed by atoms with Gasteiger partial charge in [0.05, 0.1) is 7.11 Å². The first kappa shape index (κ1) is 23.1. The minimum absolute atomic E-state index is 0.0311. The van der Waals surface area contributed by atoms with Crippen LogP contribution in [-0.2, 0) is 37.0 Å². The third-order valence-corrected chi connectivity index (χ3v) is 3.18. The number of nitrogens with zero attached hydrogens (tertiary/aromatic N) is 2. The molecule has 156 valence electrons. The number of aliphatic imine (C=N–C) groups is 1. The molecule has 1 aromatic carbocycles. The second-order valence-electron chi connectivity index (χ2n) is 5.70. The first-order chi connectivity index (χ1) is 13.7. The van der Waals surface area contributed by atoms with Gasteiger partial charge in [0.15, 0.2) is 0 Å². The number of methoxy groups -OCH3 is 1. The molecule has 1 amide bonds. The molecule has 11 nitrogen and oxygen atoms in total. The van der Waals surface area contributed by atoms with Gasteiger partial charge in [-0.2, -0.15) is 4.99 Å². The first-order valence-corrected chi connectivity index (χ1v) is 8.25. The summed E-state index contributed by atoms with van der Waals surface area (Å²) >= 11 is 0. The van der Waals surface area contributed by atoms with E-state index in [9.17, 15) is 14.4 Å². The number of benzene rings is 1. The van der Waals surface area contributed by atoms with Gasteiger partial charge in [-0.15, -0.1) is 0 Å². The van der Waals surface area contributed by atoms with Crippen LogP contribution in [0.15, 0.2) is 41.4 Å². The Morgan fingerprint density at radius 2 is 1.72 bits per heavy atom. The summed E-state index contributed by atoms with van der Waals surface area (Å²) in [6.07, 6.45) is 1.09. The van der Waals surface area contributed by atoms with Crippen molar-refractivity contribution in [1.82, 2.24) is 10.2 Å². The molecule has 0 atom stereocenters. The van der Waals surface area contributed by atoms with E-state index in [4.69, 9.17) is 20.6 Å². The fraction of sp³-hybridized carbons (Fsp3) is 0.278. The number of esters is 2. The predicted octanol–water partition coefficient (Wildman–Crippen LogP) is 0.496. The quantitative estimate of drug-likeness (QED) is 0.203. The van der Waals surface area contributed by atoms with Crippen LogP contribution in [0.5, 0.6) is 0 Å². The van der Waals surface area contributed by atoms with Gasteiger partial charge in [-0.25, -0.2) is 14.4 Å². The monoisotopic (exact) mass is 405 g/mol. The molecule has 0 unspecified atom stereocenters. The number of nitrogens with two attached hydrogens (primary N) is 1. The Kier molecular flexibility index (Phi) is 9.38. The second-order valence-corrected chi connectivity index (χ2v) is 5.70. The summed E-state index contributed by atoms with van der Waals surface area (Å²) < 4.78 is 14.4. The Balaban J connectivity index is 2.51. The molecule has 0 aromatic heterocycles. The maximum Gasteiger partial charge on any atom is 0.414 e. The van der Waals surface area contributed by atoms with E-state index in [-0.39, 0.29) is 25.1 Å². The molecule has 1 aromatic rings. The fourth-order valence-electron chi connectivity index (χ4n) is 1.75. The molecule has 0 aliphatic heterocycles. The molecule has 0 spiro atoms. The molecule has 0 saturated heterocycles.